The van der Waals surface area contributed by atoms with Gasteiger partial charge in [0.1, 0.15) is 0 Å². The fourth-order valence-electron chi connectivity index (χ4n) is 2.43. The van der Waals surface area contributed by atoms with Crippen molar-refractivity contribution in [2.24, 2.45) is 0 Å². The molecule has 0 atom stereocenters. The van der Waals surface area contributed by atoms with E-state index in [0.29, 0.717) is 36.0 Å². The van der Waals surface area contributed by atoms with E-state index in [1.165, 1.54) is 4.90 Å². The van der Waals surface area contributed by atoms with E-state index in [1.807, 2.05) is 26.0 Å². The van der Waals surface area contributed by atoms with Crippen molar-refractivity contribution in [1.82, 2.24) is 4.90 Å². The molecule has 0 unspecified atom stereocenters. The Morgan fingerprint density at radius 1 is 1.00 bits per heavy atom. The van der Waals surface area contributed by atoms with Crippen LogP contribution in [0.25, 0.3) is 0 Å². The molecule has 144 valence electrons. The number of carbonyl (C=O) groups is 2. The van der Waals surface area contributed by atoms with Crippen LogP contribution in [0.1, 0.15) is 24.2 Å². The quantitative estimate of drug-likeness (QED) is 0.582. The number of likely N-dealkylation sites (N-methyl/N-ethyl adjacent to an activating group) is 1. The molecule has 0 saturated heterocycles. The van der Waals surface area contributed by atoms with E-state index in [2.05, 4.69) is 27.9 Å². The van der Waals surface area contributed by atoms with Crippen molar-refractivity contribution in [3.63, 3.8) is 0 Å². The second-order valence-electron chi connectivity index (χ2n) is 5.74. The zero-order valence-electron chi connectivity index (χ0n) is 15.6. The van der Waals surface area contributed by atoms with Crippen molar-refractivity contribution in [1.29, 1.82) is 0 Å². The van der Waals surface area contributed by atoms with Crippen LogP contribution in [0.15, 0.2) is 42.5 Å². The van der Waals surface area contributed by atoms with Gasteiger partial charge in [-0.25, -0.2) is 0 Å². The van der Waals surface area contributed by atoms with Gasteiger partial charge in [-0.2, -0.15) is 0 Å². The van der Waals surface area contributed by atoms with E-state index in [0.717, 1.165) is 3.57 Å². The molecule has 0 heterocycles. The number of amides is 2. The van der Waals surface area contributed by atoms with Gasteiger partial charge < -0.3 is 19.7 Å². The van der Waals surface area contributed by atoms with Crippen molar-refractivity contribution in [3.05, 3.63) is 51.6 Å². The van der Waals surface area contributed by atoms with Gasteiger partial charge in [-0.3, -0.25) is 9.59 Å². The lowest BCUT2D eigenvalue weighted by Crippen LogP contribution is -2.34. The van der Waals surface area contributed by atoms with Gasteiger partial charge >= 0.3 is 0 Å². The minimum Gasteiger partial charge on any atom is -0.490 e. The van der Waals surface area contributed by atoms with Crippen molar-refractivity contribution in [2.75, 3.05) is 32.1 Å². The SMILES string of the molecule is CCOc1ccc(NC(=O)CN(C)C(=O)c2ccc(I)cc2)cc1OCC. The van der Waals surface area contributed by atoms with E-state index in [9.17, 15) is 9.59 Å². The molecule has 2 rings (SSSR count). The first-order valence-corrected chi connectivity index (χ1v) is 9.73. The molecule has 2 amide bonds. The van der Waals surface area contributed by atoms with Gasteiger partial charge in [-0.05, 0) is 72.8 Å². The number of hydrogen-bond donors (Lipinski definition) is 1. The fourth-order valence-corrected chi connectivity index (χ4v) is 2.79. The third-order valence-electron chi connectivity index (χ3n) is 3.65. The average Bonchev–Trinajstić information content (AvgIpc) is 2.64. The predicted molar refractivity (Wildman–Crippen MR) is 114 cm³/mol. The third-order valence-corrected chi connectivity index (χ3v) is 4.36. The van der Waals surface area contributed by atoms with Crippen LogP contribution in [-0.4, -0.2) is 43.5 Å². The van der Waals surface area contributed by atoms with Crippen molar-refractivity contribution < 1.29 is 19.1 Å². The minimum absolute atomic E-state index is 0.0536. The number of nitrogens with zero attached hydrogens (tertiary/aromatic N) is 1. The van der Waals surface area contributed by atoms with Crippen LogP contribution in [0, 0.1) is 3.57 Å². The van der Waals surface area contributed by atoms with Crippen LogP contribution < -0.4 is 14.8 Å². The maximum atomic E-state index is 12.4. The van der Waals surface area contributed by atoms with Crippen LogP contribution in [0.3, 0.4) is 0 Å². The highest BCUT2D eigenvalue weighted by Crippen LogP contribution is 2.30. The zero-order valence-corrected chi connectivity index (χ0v) is 17.8. The zero-order chi connectivity index (χ0) is 19.8. The molecule has 0 saturated carbocycles. The summed E-state index contributed by atoms with van der Waals surface area (Å²) in [6, 6.07) is 12.4. The Kier molecular flexibility index (Phi) is 7.90. The molecule has 7 heteroatoms. The molecule has 6 nitrogen and oxygen atoms in total. The molecule has 1 N–H and O–H groups in total. The van der Waals surface area contributed by atoms with Crippen molar-refractivity contribution in [3.8, 4) is 11.5 Å². The van der Waals surface area contributed by atoms with Crippen LogP contribution in [0.4, 0.5) is 5.69 Å². The van der Waals surface area contributed by atoms with E-state index in [-0.39, 0.29) is 18.4 Å². The first-order valence-electron chi connectivity index (χ1n) is 8.65. The maximum Gasteiger partial charge on any atom is 0.254 e. The first kappa shape index (κ1) is 21.0. The molecule has 2 aromatic rings. The molecule has 0 aliphatic carbocycles. The number of rotatable bonds is 8. The van der Waals surface area contributed by atoms with Crippen LogP contribution in [-0.2, 0) is 4.79 Å². The summed E-state index contributed by atoms with van der Waals surface area (Å²) in [5, 5.41) is 2.79. The second-order valence-corrected chi connectivity index (χ2v) is 6.99. The lowest BCUT2D eigenvalue weighted by atomic mass is 10.2. The summed E-state index contributed by atoms with van der Waals surface area (Å²) in [7, 11) is 1.60. The summed E-state index contributed by atoms with van der Waals surface area (Å²) in [5.41, 5.74) is 1.13. The Balaban J connectivity index is 2.00. The molecule has 0 radical (unpaired) electrons. The first-order chi connectivity index (χ1) is 12.9. The Morgan fingerprint density at radius 2 is 1.63 bits per heavy atom. The van der Waals surface area contributed by atoms with Gasteiger partial charge in [-0.1, -0.05) is 0 Å². The van der Waals surface area contributed by atoms with Crippen molar-refractivity contribution >= 4 is 40.1 Å². The highest BCUT2D eigenvalue weighted by atomic mass is 127. The molecule has 0 aliphatic rings. The fraction of sp³-hybridized carbons (Fsp3) is 0.300. The number of benzene rings is 2. The summed E-state index contributed by atoms with van der Waals surface area (Å²) < 4.78 is 12.1. The van der Waals surface area contributed by atoms with E-state index in [4.69, 9.17) is 9.47 Å². The largest absolute Gasteiger partial charge is 0.490 e. The van der Waals surface area contributed by atoms with E-state index >= 15 is 0 Å². The molecule has 0 bridgehead atoms. The minimum atomic E-state index is -0.289. The number of anilines is 1. The number of halogens is 1. The maximum absolute atomic E-state index is 12.4. The number of carbonyl (C=O) groups excluding carboxylic acids is 2. The normalized spacial score (nSPS) is 10.2. The van der Waals surface area contributed by atoms with Gasteiger partial charge in [0.2, 0.25) is 5.91 Å². The molecule has 0 spiro atoms. The number of hydrogen-bond acceptors (Lipinski definition) is 4. The monoisotopic (exact) mass is 482 g/mol. The van der Waals surface area contributed by atoms with Crippen LogP contribution in [0.2, 0.25) is 0 Å². The summed E-state index contributed by atoms with van der Waals surface area (Å²) in [6.45, 7) is 4.74. The van der Waals surface area contributed by atoms with E-state index in [1.54, 1.807) is 37.4 Å². The van der Waals surface area contributed by atoms with Gasteiger partial charge in [-0.15, -0.1) is 0 Å². The van der Waals surface area contributed by atoms with Gasteiger partial charge in [0.05, 0.1) is 19.8 Å². The summed E-state index contributed by atoms with van der Waals surface area (Å²) in [4.78, 5) is 26.1. The van der Waals surface area contributed by atoms with Crippen molar-refractivity contribution in [2.45, 2.75) is 13.8 Å². The molecular weight excluding hydrogens is 459 g/mol. The topological polar surface area (TPSA) is 67.9 Å². The standard InChI is InChI=1S/C20H23IN2O4/c1-4-26-17-11-10-16(12-18(17)27-5-2)22-19(24)13-23(3)20(25)14-6-8-15(21)9-7-14/h6-12H,4-5,13H2,1-3H3,(H,22,24). The lowest BCUT2D eigenvalue weighted by Gasteiger charge is -2.17. The second kappa shape index (κ2) is 10.1. The molecule has 27 heavy (non-hydrogen) atoms. The highest BCUT2D eigenvalue weighted by molar-refractivity contribution is 14.1. The molecule has 0 fully saturated rings. The Bertz CT molecular complexity index is 793. The molecular formula is C20H23IN2O4. The molecule has 0 aromatic heterocycles. The summed E-state index contributed by atoms with van der Waals surface area (Å²) in [5.74, 6) is 0.704. The summed E-state index contributed by atoms with van der Waals surface area (Å²) >= 11 is 2.18. The Hall–Kier alpha value is -2.29. The van der Waals surface area contributed by atoms with Crippen LogP contribution in [0.5, 0.6) is 11.5 Å². The highest BCUT2D eigenvalue weighted by Gasteiger charge is 2.15. The predicted octanol–water partition coefficient (Wildman–Crippen LogP) is 3.80. The van der Waals surface area contributed by atoms with Crippen LogP contribution >= 0.6 is 22.6 Å². The molecule has 2 aromatic carbocycles. The smallest absolute Gasteiger partial charge is 0.254 e. The third kappa shape index (κ3) is 6.13. The summed E-state index contributed by atoms with van der Waals surface area (Å²) in [6.07, 6.45) is 0. The van der Waals surface area contributed by atoms with Gasteiger partial charge in [0.15, 0.2) is 11.5 Å². The lowest BCUT2D eigenvalue weighted by molar-refractivity contribution is -0.116. The van der Waals surface area contributed by atoms with Gasteiger partial charge in [0, 0.05) is 27.9 Å². The molecule has 0 aliphatic heterocycles. The Morgan fingerprint density at radius 3 is 2.26 bits per heavy atom. The average molecular weight is 482 g/mol. The Labute approximate surface area is 173 Å². The van der Waals surface area contributed by atoms with E-state index < -0.39 is 0 Å². The number of nitrogens with one attached hydrogen (secondary N) is 1. The number of ether oxygens (including phenoxy) is 2. The van der Waals surface area contributed by atoms with Gasteiger partial charge in [0.25, 0.3) is 5.91 Å².